The van der Waals surface area contributed by atoms with Crippen LogP contribution in [0.25, 0.3) is 0 Å². The molecule has 0 bridgehead atoms. The Balaban J connectivity index is 1.68. The van der Waals surface area contributed by atoms with Crippen molar-refractivity contribution in [2.75, 3.05) is 13.2 Å². The number of benzene rings is 1. The Hall–Kier alpha value is -1.75. The second kappa shape index (κ2) is 9.52. The van der Waals surface area contributed by atoms with Gasteiger partial charge in [0.2, 0.25) is 0 Å². The minimum atomic E-state index is -0.837. The van der Waals surface area contributed by atoms with Crippen LogP contribution in [-0.4, -0.2) is 31.1 Å². The third kappa shape index (κ3) is 6.04. The summed E-state index contributed by atoms with van der Waals surface area (Å²) < 4.78 is 10.4. The molecule has 0 unspecified atom stereocenters. The van der Waals surface area contributed by atoms with Gasteiger partial charge in [-0.25, -0.2) is 4.79 Å². The summed E-state index contributed by atoms with van der Waals surface area (Å²) >= 11 is 5.94. The first-order valence-corrected chi connectivity index (χ1v) is 8.78. The zero-order valence-corrected chi connectivity index (χ0v) is 14.7. The minimum absolute atomic E-state index is 0.272. The standard InChI is InChI=1S/C18H24ClNO4/c1-13(18(22)20-11-14-7-3-2-4-8-14)24-17(21)12-23-16-10-6-5-9-15(16)19/h5-6,9-10,13-14H,2-4,7-8,11-12H2,1H3,(H,20,22)/t13-/m0/s1. The number of carbonyl (C=O) groups excluding carboxylic acids is 2. The Morgan fingerprint density at radius 2 is 1.96 bits per heavy atom. The van der Waals surface area contributed by atoms with Crippen molar-refractivity contribution in [1.29, 1.82) is 0 Å². The molecule has 1 aliphatic rings. The molecule has 6 heteroatoms. The van der Waals surface area contributed by atoms with E-state index < -0.39 is 12.1 Å². The third-order valence-corrected chi connectivity index (χ3v) is 4.46. The second-order valence-electron chi connectivity index (χ2n) is 6.10. The summed E-state index contributed by atoms with van der Waals surface area (Å²) in [6.45, 7) is 1.92. The highest BCUT2D eigenvalue weighted by atomic mass is 35.5. The molecule has 0 aromatic heterocycles. The maximum atomic E-state index is 12.0. The SMILES string of the molecule is C[C@H](OC(=O)COc1ccccc1Cl)C(=O)NCC1CCCCC1. The van der Waals surface area contributed by atoms with Crippen LogP contribution in [0.4, 0.5) is 0 Å². The van der Waals surface area contributed by atoms with Crippen molar-refractivity contribution in [2.24, 2.45) is 5.92 Å². The van der Waals surface area contributed by atoms with Gasteiger partial charge in [-0.05, 0) is 37.8 Å². The molecule has 132 valence electrons. The fourth-order valence-corrected chi connectivity index (χ4v) is 2.95. The van der Waals surface area contributed by atoms with Gasteiger partial charge in [0.1, 0.15) is 5.75 Å². The summed E-state index contributed by atoms with van der Waals surface area (Å²) in [4.78, 5) is 23.8. The van der Waals surface area contributed by atoms with E-state index in [2.05, 4.69) is 5.32 Å². The van der Waals surface area contributed by atoms with Crippen molar-refractivity contribution in [3.05, 3.63) is 29.3 Å². The van der Waals surface area contributed by atoms with Gasteiger partial charge >= 0.3 is 5.97 Å². The predicted octanol–water partition coefficient (Wildman–Crippen LogP) is 3.35. The first-order valence-electron chi connectivity index (χ1n) is 8.41. The van der Waals surface area contributed by atoms with Gasteiger partial charge in [-0.15, -0.1) is 0 Å². The number of esters is 1. The van der Waals surface area contributed by atoms with Crippen LogP contribution < -0.4 is 10.1 Å². The van der Waals surface area contributed by atoms with E-state index in [1.807, 2.05) is 0 Å². The van der Waals surface area contributed by atoms with Gasteiger partial charge in [0.05, 0.1) is 5.02 Å². The lowest BCUT2D eigenvalue weighted by molar-refractivity contribution is -0.156. The van der Waals surface area contributed by atoms with Gasteiger partial charge in [0.15, 0.2) is 12.7 Å². The monoisotopic (exact) mass is 353 g/mol. The molecule has 1 N–H and O–H groups in total. The van der Waals surface area contributed by atoms with Gasteiger partial charge in [-0.3, -0.25) is 4.79 Å². The molecule has 0 aliphatic heterocycles. The van der Waals surface area contributed by atoms with Crippen molar-refractivity contribution in [3.8, 4) is 5.75 Å². The van der Waals surface area contributed by atoms with E-state index in [0.29, 0.717) is 23.2 Å². The fourth-order valence-electron chi connectivity index (χ4n) is 2.76. The van der Waals surface area contributed by atoms with E-state index in [1.165, 1.54) is 19.3 Å². The Morgan fingerprint density at radius 1 is 1.25 bits per heavy atom. The smallest absolute Gasteiger partial charge is 0.344 e. The van der Waals surface area contributed by atoms with Gasteiger partial charge in [0.25, 0.3) is 5.91 Å². The summed E-state index contributed by atoms with van der Waals surface area (Å²) in [5.74, 6) is 0.0709. The maximum Gasteiger partial charge on any atom is 0.344 e. The molecule has 0 spiro atoms. The molecule has 1 aromatic rings. The first kappa shape index (κ1) is 18.6. The number of amides is 1. The van der Waals surface area contributed by atoms with Crippen LogP contribution in [0, 0.1) is 5.92 Å². The molecule has 2 rings (SSSR count). The Bertz CT molecular complexity index is 558. The molecule has 1 atom stereocenters. The van der Waals surface area contributed by atoms with Crippen LogP contribution in [0.2, 0.25) is 5.02 Å². The van der Waals surface area contributed by atoms with E-state index >= 15 is 0 Å². The Labute approximate surface area is 147 Å². The van der Waals surface area contributed by atoms with Crippen LogP contribution >= 0.6 is 11.6 Å². The van der Waals surface area contributed by atoms with E-state index in [9.17, 15) is 9.59 Å². The number of carbonyl (C=O) groups is 2. The molecule has 0 saturated heterocycles. The molecule has 0 heterocycles. The summed E-state index contributed by atoms with van der Waals surface area (Å²) in [7, 11) is 0. The van der Waals surface area contributed by atoms with Crippen LogP contribution in [-0.2, 0) is 14.3 Å². The van der Waals surface area contributed by atoms with Crippen LogP contribution in [0.15, 0.2) is 24.3 Å². The zero-order valence-electron chi connectivity index (χ0n) is 13.9. The van der Waals surface area contributed by atoms with Crippen LogP contribution in [0.3, 0.4) is 0 Å². The minimum Gasteiger partial charge on any atom is -0.480 e. The van der Waals surface area contributed by atoms with Crippen LogP contribution in [0.5, 0.6) is 5.75 Å². The number of halogens is 1. The molecule has 1 amide bonds. The molecule has 5 nitrogen and oxygen atoms in total. The third-order valence-electron chi connectivity index (χ3n) is 4.15. The zero-order chi connectivity index (χ0) is 17.4. The highest BCUT2D eigenvalue weighted by Gasteiger charge is 2.20. The van der Waals surface area contributed by atoms with Crippen molar-refractivity contribution >= 4 is 23.5 Å². The average molecular weight is 354 g/mol. The van der Waals surface area contributed by atoms with Gasteiger partial charge in [-0.2, -0.15) is 0 Å². The van der Waals surface area contributed by atoms with Gasteiger partial charge in [-0.1, -0.05) is 43.0 Å². The number of para-hydroxylation sites is 1. The topological polar surface area (TPSA) is 64.6 Å². The molecular weight excluding hydrogens is 330 g/mol. The number of hydrogen-bond donors (Lipinski definition) is 1. The predicted molar refractivity (Wildman–Crippen MR) is 92.1 cm³/mol. The van der Waals surface area contributed by atoms with Crippen molar-refractivity contribution < 1.29 is 19.1 Å². The van der Waals surface area contributed by atoms with Crippen LogP contribution in [0.1, 0.15) is 39.0 Å². The Morgan fingerprint density at radius 3 is 2.67 bits per heavy atom. The number of nitrogens with one attached hydrogen (secondary N) is 1. The molecule has 1 saturated carbocycles. The maximum absolute atomic E-state index is 12.0. The van der Waals surface area contributed by atoms with Crippen molar-refractivity contribution in [3.63, 3.8) is 0 Å². The van der Waals surface area contributed by atoms with Gasteiger partial charge in [0, 0.05) is 6.54 Å². The second-order valence-corrected chi connectivity index (χ2v) is 6.51. The summed E-state index contributed by atoms with van der Waals surface area (Å²) in [5.41, 5.74) is 0. The van der Waals surface area contributed by atoms with E-state index in [0.717, 1.165) is 12.8 Å². The highest BCUT2D eigenvalue weighted by Crippen LogP contribution is 2.23. The normalized spacial score (nSPS) is 16.2. The lowest BCUT2D eigenvalue weighted by atomic mass is 9.89. The van der Waals surface area contributed by atoms with E-state index in [4.69, 9.17) is 21.1 Å². The average Bonchev–Trinajstić information content (AvgIpc) is 2.59. The molecule has 1 aromatic carbocycles. The summed E-state index contributed by atoms with van der Waals surface area (Å²) in [5, 5.41) is 3.28. The first-order chi connectivity index (χ1) is 11.6. The van der Waals surface area contributed by atoms with Gasteiger partial charge < -0.3 is 14.8 Å². The molecule has 24 heavy (non-hydrogen) atoms. The highest BCUT2D eigenvalue weighted by molar-refractivity contribution is 6.32. The quantitative estimate of drug-likeness (QED) is 0.763. The summed E-state index contributed by atoms with van der Waals surface area (Å²) in [6.07, 6.45) is 5.20. The fraction of sp³-hybridized carbons (Fsp3) is 0.556. The lowest BCUT2D eigenvalue weighted by Gasteiger charge is -2.22. The van der Waals surface area contributed by atoms with E-state index in [1.54, 1.807) is 31.2 Å². The number of hydrogen-bond acceptors (Lipinski definition) is 4. The molecule has 1 fully saturated rings. The van der Waals surface area contributed by atoms with E-state index in [-0.39, 0.29) is 12.5 Å². The lowest BCUT2D eigenvalue weighted by Crippen LogP contribution is -2.39. The molecule has 1 aliphatic carbocycles. The summed E-state index contributed by atoms with van der Waals surface area (Å²) in [6, 6.07) is 6.86. The molecular formula is C18H24ClNO4. The number of ether oxygens (including phenoxy) is 2. The largest absolute Gasteiger partial charge is 0.480 e. The number of rotatable bonds is 7. The Kier molecular flexibility index (Phi) is 7.37. The van der Waals surface area contributed by atoms with Crippen molar-refractivity contribution in [2.45, 2.75) is 45.1 Å². The molecule has 0 radical (unpaired) electrons. The van der Waals surface area contributed by atoms with Crippen molar-refractivity contribution in [1.82, 2.24) is 5.32 Å².